The van der Waals surface area contributed by atoms with Crippen molar-refractivity contribution in [1.82, 2.24) is 9.97 Å². The number of rotatable bonds is 5. The van der Waals surface area contributed by atoms with E-state index in [1.54, 1.807) is 11.3 Å². The van der Waals surface area contributed by atoms with Crippen molar-refractivity contribution in [2.75, 3.05) is 12.1 Å². The molecule has 6 heteroatoms. The predicted octanol–water partition coefficient (Wildman–Crippen LogP) is 4.93. The third-order valence-corrected chi connectivity index (χ3v) is 5.61. The van der Waals surface area contributed by atoms with Crippen molar-refractivity contribution in [3.05, 3.63) is 76.4 Å². The molecule has 0 aliphatic carbocycles. The summed E-state index contributed by atoms with van der Waals surface area (Å²) in [6.07, 6.45) is 0.715. The summed E-state index contributed by atoms with van der Waals surface area (Å²) < 4.78 is 10.9. The number of ether oxygens (including phenoxy) is 2. The van der Waals surface area contributed by atoms with E-state index in [-0.39, 0.29) is 6.79 Å². The Hall–Kier alpha value is -3.12. The number of hydrogen-bond donors (Lipinski definition) is 1. The van der Waals surface area contributed by atoms with Gasteiger partial charge in [0.2, 0.25) is 6.79 Å². The molecule has 5 nitrogen and oxygen atoms in total. The summed E-state index contributed by atoms with van der Waals surface area (Å²) >= 11 is 1.70. The first-order chi connectivity index (χ1) is 13.7. The minimum Gasteiger partial charge on any atom is -0.454 e. The third kappa shape index (κ3) is 3.39. The lowest BCUT2D eigenvalue weighted by molar-refractivity contribution is 0.174. The van der Waals surface area contributed by atoms with E-state index in [2.05, 4.69) is 30.4 Å². The number of aromatic nitrogens is 2. The molecule has 0 saturated carbocycles. The molecule has 28 heavy (non-hydrogen) atoms. The molecular weight excluding hydrogens is 370 g/mol. The molecule has 0 saturated heterocycles. The summed E-state index contributed by atoms with van der Waals surface area (Å²) in [6.45, 7) is 3.04. The number of nitrogens with one attached hydrogen (secondary N) is 1. The lowest BCUT2D eigenvalue weighted by Crippen LogP contribution is -2.05. The van der Waals surface area contributed by atoms with Crippen LogP contribution in [0.25, 0.3) is 10.2 Å². The van der Waals surface area contributed by atoms with E-state index < -0.39 is 0 Å². The highest BCUT2D eigenvalue weighted by atomic mass is 32.1. The molecule has 0 spiro atoms. The first-order valence-electron chi connectivity index (χ1n) is 9.18. The number of thiophene rings is 1. The van der Waals surface area contributed by atoms with Crippen LogP contribution in [0.2, 0.25) is 0 Å². The van der Waals surface area contributed by atoms with Crippen molar-refractivity contribution in [3.63, 3.8) is 0 Å². The van der Waals surface area contributed by atoms with E-state index in [1.807, 2.05) is 36.4 Å². The second-order valence-electron chi connectivity index (χ2n) is 6.77. The second-order valence-corrected chi connectivity index (χ2v) is 8.00. The summed E-state index contributed by atoms with van der Waals surface area (Å²) in [4.78, 5) is 11.9. The minimum atomic E-state index is 0.287. The zero-order valence-corrected chi connectivity index (χ0v) is 16.3. The Morgan fingerprint density at radius 3 is 2.71 bits per heavy atom. The quantitative estimate of drug-likeness (QED) is 0.524. The van der Waals surface area contributed by atoms with Crippen LogP contribution >= 0.6 is 11.3 Å². The fourth-order valence-electron chi connectivity index (χ4n) is 3.32. The van der Waals surface area contributed by atoms with Crippen molar-refractivity contribution in [1.29, 1.82) is 0 Å². The molecule has 5 rings (SSSR count). The number of nitrogens with zero attached hydrogens (tertiary/aromatic N) is 2. The van der Waals surface area contributed by atoms with E-state index in [0.29, 0.717) is 13.0 Å². The Balaban J connectivity index is 1.43. The Bertz CT molecular complexity index is 1140. The van der Waals surface area contributed by atoms with Crippen LogP contribution in [-0.4, -0.2) is 16.8 Å². The van der Waals surface area contributed by atoms with E-state index in [0.717, 1.165) is 38.9 Å². The molecule has 0 amide bonds. The summed E-state index contributed by atoms with van der Waals surface area (Å²) in [7, 11) is 0. The van der Waals surface area contributed by atoms with E-state index in [4.69, 9.17) is 19.4 Å². The van der Waals surface area contributed by atoms with Gasteiger partial charge in [0.15, 0.2) is 11.5 Å². The first kappa shape index (κ1) is 17.0. The molecule has 0 bridgehead atoms. The molecule has 140 valence electrons. The highest BCUT2D eigenvalue weighted by Crippen LogP contribution is 2.33. The maximum Gasteiger partial charge on any atom is 0.231 e. The molecule has 0 radical (unpaired) electrons. The Morgan fingerprint density at radius 1 is 0.964 bits per heavy atom. The van der Waals surface area contributed by atoms with Gasteiger partial charge in [0.1, 0.15) is 16.5 Å². The van der Waals surface area contributed by atoms with Gasteiger partial charge in [-0.15, -0.1) is 11.3 Å². The minimum absolute atomic E-state index is 0.287. The monoisotopic (exact) mass is 389 g/mol. The number of hydrogen-bond acceptors (Lipinski definition) is 6. The van der Waals surface area contributed by atoms with Gasteiger partial charge < -0.3 is 14.8 Å². The zero-order chi connectivity index (χ0) is 18.9. The van der Waals surface area contributed by atoms with Crippen LogP contribution in [0.3, 0.4) is 0 Å². The maximum absolute atomic E-state index is 5.48. The summed E-state index contributed by atoms with van der Waals surface area (Å²) in [6, 6.07) is 18.5. The fourth-order valence-corrected chi connectivity index (χ4v) is 4.21. The van der Waals surface area contributed by atoms with Gasteiger partial charge in [-0.25, -0.2) is 9.97 Å². The molecular formula is C22H19N3O2S. The predicted molar refractivity (Wildman–Crippen MR) is 111 cm³/mol. The lowest BCUT2D eigenvalue weighted by atomic mass is 10.1. The number of benzene rings is 2. The molecule has 3 heterocycles. The molecule has 0 atom stereocenters. The largest absolute Gasteiger partial charge is 0.454 e. The molecule has 2 aromatic carbocycles. The van der Waals surface area contributed by atoms with Gasteiger partial charge in [-0.3, -0.25) is 0 Å². The Kier molecular flexibility index (Phi) is 4.33. The fraction of sp³-hybridized carbons (Fsp3) is 0.182. The summed E-state index contributed by atoms with van der Waals surface area (Å²) in [5.41, 5.74) is 2.32. The smallest absolute Gasteiger partial charge is 0.231 e. The van der Waals surface area contributed by atoms with Crippen LogP contribution in [0.1, 0.15) is 21.8 Å². The highest BCUT2D eigenvalue weighted by molar-refractivity contribution is 7.18. The molecule has 1 N–H and O–H groups in total. The molecule has 1 aliphatic heterocycles. The van der Waals surface area contributed by atoms with E-state index >= 15 is 0 Å². The van der Waals surface area contributed by atoms with Gasteiger partial charge in [-0.05, 0) is 36.2 Å². The second kappa shape index (κ2) is 7.13. The van der Waals surface area contributed by atoms with Gasteiger partial charge in [0.25, 0.3) is 0 Å². The standard InChI is InChI=1S/C22H19N3O2S/c1-14-9-17-21(23-12-16-7-8-18-19(10-16)27-13-26-18)24-20(25-22(17)28-14)11-15-5-3-2-4-6-15/h2-10H,11-13H2,1H3,(H,23,24,25). The van der Waals surface area contributed by atoms with Crippen molar-refractivity contribution < 1.29 is 9.47 Å². The number of anilines is 1. The highest BCUT2D eigenvalue weighted by Gasteiger charge is 2.14. The van der Waals surface area contributed by atoms with Crippen molar-refractivity contribution in [2.24, 2.45) is 0 Å². The van der Waals surface area contributed by atoms with Crippen molar-refractivity contribution in [2.45, 2.75) is 19.9 Å². The van der Waals surface area contributed by atoms with Crippen molar-refractivity contribution in [3.8, 4) is 11.5 Å². The molecule has 0 fully saturated rings. The van der Waals surface area contributed by atoms with Crippen LogP contribution in [0.5, 0.6) is 11.5 Å². The summed E-state index contributed by atoms with van der Waals surface area (Å²) in [5.74, 6) is 3.29. The molecule has 2 aromatic heterocycles. The normalized spacial score (nSPS) is 12.5. The van der Waals surface area contributed by atoms with Crippen LogP contribution in [-0.2, 0) is 13.0 Å². The Morgan fingerprint density at radius 2 is 1.82 bits per heavy atom. The van der Waals surface area contributed by atoms with Gasteiger partial charge in [0, 0.05) is 17.8 Å². The average molecular weight is 389 g/mol. The van der Waals surface area contributed by atoms with Crippen molar-refractivity contribution >= 4 is 27.4 Å². The van der Waals surface area contributed by atoms with Gasteiger partial charge in [0.05, 0.1) is 5.39 Å². The van der Waals surface area contributed by atoms with Crippen LogP contribution in [0.4, 0.5) is 5.82 Å². The van der Waals surface area contributed by atoms with E-state index in [1.165, 1.54) is 10.4 Å². The Labute approximate surface area is 167 Å². The van der Waals surface area contributed by atoms with Gasteiger partial charge in [-0.2, -0.15) is 0 Å². The van der Waals surface area contributed by atoms with Gasteiger partial charge in [-0.1, -0.05) is 36.4 Å². The number of fused-ring (bicyclic) bond motifs is 2. The zero-order valence-electron chi connectivity index (χ0n) is 15.4. The maximum atomic E-state index is 5.48. The van der Waals surface area contributed by atoms with Crippen LogP contribution in [0, 0.1) is 6.92 Å². The molecule has 1 aliphatic rings. The van der Waals surface area contributed by atoms with E-state index in [9.17, 15) is 0 Å². The first-order valence-corrected chi connectivity index (χ1v) is 10.00. The average Bonchev–Trinajstić information content (AvgIpc) is 3.32. The topological polar surface area (TPSA) is 56.3 Å². The molecule has 0 unspecified atom stereocenters. The third-order valence-electron chi connectivity index (χ3n) is 4.66. The SMILES string of the molecule is Cc1cc2c(NCc3ccc4c(c3)OCO4)nc(Cc3ccccc3)nc2s1. The number of aryl methyl sites for hydroxylation is 1. The van der Waals surface area contributed by atoms with Crippen LogP contribution < -0.4 is 14.8 Å². The van der Waals surface area contributed by atoms with Crippen LogP contribution in [0.15, 0.2) is 54.6 Å². The van der Waals surface area contributed by atoms with Gasteiger partial charge >= 0.3 is 0 Å². The summed E-state index contributed by atoms with van der Waals surface area (Å²) in [5, 5.41) is 4.56. The molecule has 4 aromatic rings. The lowest BCUT2D eigenvalue weighted by Gasteiger charge is -2.10.